The summed E-state index contributed by atoms with van der Waals surface area (Å²) in [5.41, 5.74) is 2.08. The van der Waals surface area contributed by atoms with Gasteiger partial charge >= 0.3 is 0 Å². The highest BCUT2D eigenvalue weighted by atomic mass is 32.2. The number of carbonyl (C=O) groups is 1. The second-order valence-electron chi connectivity index (χ2n) is 6.83. The van der Waals surface area contributed by atoms with Crippen LogP contribution in [-0.4, -0.2) is 51.6 Å². The highest BCUT2D eigenvalue weighted by molar-refractivity contribution is 7.99. The number of hydrogen-bond acceptors (Lipinski definition) is 5. The van der Waals surface area contributed by atoms with Gasteiger partial charge in [-0.25, -0.2) is 12.8 Å². The van der Waals surface area contributed by atoms with Gasteiger partial charge in [-0.2, -0.15) is 4.31 Å². The van der Waals surface area contributed by atoms with Crippen molar-refractivity contribution in [3.63, 3.8) is 0 Å². The van der Waals surface area contributed by atoms with Crippen molar-refractivity contribution in [2.45, 2.75) is 24.5 Å². The quantitative estimate of drug-likeness (QED) is 0.593. The zero-order valence-electron chi connectivity index (χ0n) is 17.7. The summed E-state index contributed by atoms with van der Waals surface area (Å²) in [6, 6.07) is 10.9. The van der Waals surface area contributed by atoms with Crippen LogP contribution in [0.3, 0.4) is 0 Å². The number of amides is 1. The SMILES string of the molecule is CCN(CC)S(=O)(=O)c1ccc(N(C)C)c(NC(=O)CSCc2ccc(F)cc2)c1. The molecule has 2 rings (SSSR count). The average Bonchev–Trinajstić information content (AvgIpc) is 2.70. The zero-order chi connectivity index (χ0) is 22.3. The molecular formula is C21H28FN3O3S2. The van der Waals surface area contributed by atoms with Crippen molar-refractivity contribution in [2.75, 3.05) is 43.2 Å². The Balaban J connectivity index is 2.14. The number of nitrogens with zero attached hydrogens (tertiary/aromatic N) is 2. The van der Waals surface area contributed by atoms with E-state index in [2.05, 4.69) is 5.32 Å². The number of hydrogen-bond donors (Lipinski definition) is 1. The molecule has 2 aromatic carbocycles. The van der Waals surface area contributed by atoms with Gasteiger partial charge in [0.15, 0.2) is 0 Å². The Hall–Kier alpha value is -2.10. The summed E-state index contributed by atoms with van der Waals surface area (Å²) in [5, 5.41) is 2.83. The van der Waals surface area contributed by atoms with Crippen molar-refractivity contribution >= 4 is 39.1 Å². The van der Waals surface area contributed by atoms with Crippen LogP contribution in [0, 0.1) is 5.82 Å². The maximum Gasteiger partial charge on any atom is 0.243 e. The molecule has 0 aromatic heterocycles. The molecule has 0 heterocycles. The molecule has 6 nitrogen and oxygen atoms in total. The molecule has 9 heteroatoms. The second kappa shape index (κ2) is 10.8. The van der Waals surface area contributed by atoms with Crippen LogP contribution >= 0.6 is 11.8 Å². The fourth-order valence-corrected chi connectivity index (χ4v) is 5.18. The largest absolute Gasteiger partial charge is 0.376 e. The van der Waals surface area contributed by atoms with Crippen molar-refractivity contribution in [3.05, 3.63) is 53.8 Å². The summed E-state index contributed by atoms with van der Waals surface area (Å²) >= 11 is 1.40. The van der Waals surface area contributed by atoms with Gasteiger partial charge in [-0.1, -0.05) is 26.0 Å². The lowest BCUT2D eigenvalue weighted by Gasteiger charge is -2.22. The third-order valence-corrected chi connectivity index (χ3v) is 7.53. The Morgan fingerprint density at radius 1 is 1.07 bits per heavy atom. The minimum absolute atomic E-state index is 0.145. The summed E-state index contributed by atoms with van der Waals surface area (Å²) in [5.74, 6) is 0.238. The maximum atomic E-state index is 13.0. The molecule has 0 bridgehead atoms. The fourth-order valence-electron chi connectivity index (χ4n) is 2.91. The number of halogens is 1. The first-order chi connectivity index (χ1) is 14.2. The molecule has 30 heavy (non-hydrogen) atoms. The molecule has 0 aliphatic carbocycles. The third kappa shape index (κ3) is 6.20. The van der Waals surface area contributed by atoms with Gasteiger partial charge in [0.25, 0.3) is 0 Å². The molecule has 0 atom stereocenters. The molecule has 2 aromatic rings. The Kier molecular flexibility index (Phi) is 8.69. The number of thioether (sulfide) groups is 1. The number of sulfonamides is 1. The Bertz CT molecular complexity index is 960. The first-order valence-corrected chi connectivity index (χ1v) is 12.2. The number of benzene rings is 2. The molecule has 164 valence electrons. The van der Waals surface area contributed by atoms with Crippen LogP contribution in [0.4, 0.5) is 15.8 Å². The fraction of sp³-hybridized carbons (Fsp3) is 0.381. The van der Waals surface area contributed by atoms with E-state index in [-0.39, 0.29) is 22.4 Å². The molecule has 0 saturated heterocycles. The van der Waals surface area contributed by atoms with Gasteiger partial charge in [-0.15, -0.1) is 11.8 Å². The second-order valence-corrected chi connectivity index (χ2v) is 9.75. The first kappa shape index (κ1) is 24.2. The molecule has 0 saturated carbocycles. The van der Waals surface area contributed by atoms with Gasteiger partial charge in [0.2, 0.25) is 15.9 Å². The van der Waals surface area contributed by atoms with E-state index >= 15 is 0 Å². The van der Waals surface area contributed by atoms with Gasteiger partial charge in [0.05, 0.1) is 22.0 Å². The van der Waals surface area contributed by atoms with E-state index in [0.29, 0.717) is 30.2 Å². The van der Waals surface area contributed by atoms with Crippen LogP contribution in [0.2, 0.25) is 0 Å². The molecule has 1 N–H and O–H groups in total. The van der Waals surface area contributed by atoms with Crippen LogP contribution in [-0.2, 0) is 20.6 Å². The predicted octanol–water partition coefficient (Wildman–Crippen LogP) is 3.79. The monoisotopic (exact) mass is 453 g/mol. The Morgan fingerprint density at radius 3 is 2.27 bits per heavy atom. The number of carbonyl (C=O) groups excluding carboxylic acids is 1. The normalized spacial score (nSPS) is 11.5. The molecule has 0 aliphatic heterocycles. The van der Waals surface area contributed by atoms with E-state index in [1.807, 2.05) is 19.0 Å². The van der Waals surface area contributed by atoms with E-state index in [1.54, 1.807) is 38.1 Å². The van der Waals surface area contributed by atoms with E-state index < -0.39 is 10.0 Å². The maximum absolute atomic E-state index is 13.0. The molecule has 0 spiro atoms. The van der Waals surface area contributed by atoms with Crippen molar-refractivity contribution in [3.8, 4) is 0 Å². The summed E-state index contributed by atoms with van der Waals surface area (Å²) in [7, 11) is 0.0217. The highest BCUT2D eigenvalue weighted by Gasteiger charge is 2.23. The minimum atomic E-state index is -3.63. The molecule has 0 fully saturated rings. The molecule has 0 radical (unpaired) electrons. The summed E-state index contributed by atoms with van der Waals surface area (Å²) in [6.07, 6.45) is 0. The third-order valence-electron chi connectivity index (χ3n) is 4.48. The number of rotatable bonds is 10. The zero-order valence-corrected chi connectivity index (χ0v) is 19.3. The molecule has 0 aliphatic rings. The average molecular weight is 454 g/mol. The van der Waals surface area contributed by atoms with E-state index in [1.165, 1.54) is 34.3 Å². The van der Waals surface area contributed by atoms with Crippen LogP contribution in [0.5, 0.6) is 0 Å². The lowest BCUT2D eigenvalue weighted by atomic mass is 10.2. The highest BCUT2D eigenvalue weighted by Crippen LogP contribution is 2.29. The van der Waals surface area contributed by atoms with Gasteiger partial charge < -0.3 is 10.2 Å². The van der Waals surface area contributed by atoms with E-state index in [9.17, 15) is 17.6 Å². The lowest BCUT2D eigenvalue weighted by Crippen LogP contribution is -2.30. The van der Waals surface area contributed by atoms with Gasteiger partial charge in [-0.05, 0) is 35.9 Å². The molecular weight excluding hydrogens is 425 g/mol. The number of anilines is 2. The van der Waals surface area contributed by atoms with Crippen LogP contribution in [0.15, 0.2) is 47.4 Å². The van der Waals surface area contributed by atoms with E-state index in [4.69, 9.17) is 0 Å². The van der Waals surface area contributed by atoms with Gasteiger partial charge in [0.1, 0.15) is 5.82 Å². The summed E-state index contributed by atoms with van der Waals surface area (Å²) < 4.78 is 40.0. The Labute approximate surface area is 182 Å². The van der Waals surface area contributed by atoms with Crippen molar-refractivity contribution in [1.82, 2.24) is 4.31 Å². The lowest BCUT2D eigenvalue weighted by molar-refractivity contribution is -0.113. The minimum Gasteiger partial charge on any atom is -0.376 e. The first-order valence-electron chi connectivity index (χ1n) is 9.62. The number of nitrogens with one attached hydrogen (secondary N) is 1. The van der Waals surface area contributed by atoms with Crippen molar-refractivity contribution < 1.29 is 17.6 Å². The van der Waals surface area contributed by atoms with Crippen LogP contribution < -0.4 is 10.2 Å². The van der Waals surface area contributed by atoms with Gasteiger partial charge in [0, 0.05) is 32.9 Å². The van der Waals surface area contributed by atoms with Crippen LogP contribution in [0.25, 0.3) is 0 Å². The van der Waals surface area contributed by atoms with Gasteiger partial charge in [-0.3, -0.25) is 4.79 Å². The molecule has 0 unspecified atom stereocenters. The van der Waals surface area contributed by atoms with Crippen molar-refractivity contribution in [1.29, 1.82) is 0 Å². The molecule has 1 amide bonds. The van der Waals surface area contributed by atoms with E-state index in [0.717, 1.165) is 5.56 Å². The summed E-state index contributed by atoms with van der Waals surface area (Å²) in [4.78, 5) is 14.4. The predicted molar refractivity (Wildman–Crippen MR) is 122 cm³/mol. The topological polar surface area (TPSA) is 69.7 Å². The standard InChI is InChI=1S/C21H28FN3O3S2/c1-5-25(6-2)30(27,28)18-11-12-20(24(3)4)19(13-18)23-21(26)15-29-14-16-7-9-17(22)10-8-16/h7-13H,5-6,14-15H2,1-4H3,(H,23,26). The van der Waals surface area contributed by atoms with Crippen LogP contribution in [0.1, 0.15) is 19.4 Å². The smallest absolute Gasteiger partial charge is 0.243 e. The summed E-state index contributed by atoms with van der Waals surface area (Å²) in [6.45, 7) is 4.32. The van der Waals surface area contributed by atoms with Crippen molar-refractivity contribution in [2.24, 2.45) is 0 Å². The Morgan fingerprint density at radius 2 is 1.70 bits per heavy atom.